The molecule has 0 radical (unpaired) electrons. The zero-order valence-corrected chi connectivity index (χ0v) is 10.5. The van der Waals surface area contributed by atoms with Crippen LogP contribution in [0.25, 0.3) is 11.1 Å². The van der Waals surface area contributed by atoms with E-state index in [-0.39, 0.29) is 16.5 Å². The quantitative estimate of drug-likeness (QED) is 0.929. The minimum Gasteiger partial charge on any atom is -0.481 e. The van der Waals surface area contributed by atoms with Gasteiger partial charge in [0.1, 0.15) is 11.3 Å². The monoisotopic (exact) mass is 271 g/mol. The molecule has 0 bridgehead atoms. The average Bonchev–Trinajstić information content (AvgIpc) is 2.70. The molecule has 0 saturated carbocycles. The Hall–Kier alpha value is -1.62. The number of aromatic nitrogens is 1. The molecule has 96 valence electrons. The van der Waals surface area contributed by atoms with Gasteiger partial charge in [-0.15, -0.1) is 0 Å². The van der Waals surface area contributed by atoms with E-state index in [1.54, 1.807) is 13.8 Å². The summed E-state index contributed by atoms with van der Waals surface area (Å²) in [4.78, 5) is 15.0. The van der Waals surface area contributed by atoms with Crippen LogP contribution in [0.2, 0.25) is 5.02 Å². The number of nitrogens with zero attached hydrogens (tertiary/aromatic N) is 1. The summed E-state index contributed by atoms with van der Waals surface area (Å²) < 4.78 is 18.6. The molecule has 0 aliphatic heterocycles. The van der Waals surface area contributed by atoms with Crippen LogP contribution in [0, 0.1) is 11.7 Å². The summed E-state index contributed by atoms with van der Waals surface area (Å²) in [7, 11) is 0. The molecular weight excluding hydrogens is 261 g/mol. The van der Waals surface area contributed by atoms with Crippen LogP contribution in [0.3, 0.4) is 0 Å². The normalized spacial score (nSPS) is 14.7. The first kappa shape index (κ1) is 12.8. The Morgan fingerprint density at radius 3 is 2.78 bits per heavy atom. The van der Waals surface area contributed by atoms with Gasteiger partial charge in [-0.25, -0.2) is 9.37 Å². The number of fused-ring (bicyclic) bond motifs is 1. The Morgan fingerprint density at radius 1 is 1.50 bits per heavy atom. The Labute approximate surface area is 107 Å². The number of carboxylic acids is 1. The van der Waals surface area contributed by atoms with Crippen LogP contribution >= 0.6 is 11.6 Å². The molecule has 2 unspecified atom stereocenters. The number of halogens is 2. The number of aliphatic carboxylic acids is 1. The third-order valence-electron chi connectivity index (χ3n) is 2.98. The first-order valence-electron chi connectivity index (χ1n) is 5.38. The fourth-order valence-electron chi connectivity index (χ4n) is 1.56. The highest BCUT2D eigenvalue weighted by molar-refractivity contribution is 6.31. The summed E-state index contributed by atoms with van der Waals surface area (Å²) in [6.45, 7) is 3.26. The van der Waals surface area contributed by atoms with Crippen LogP contribution in [0.5, 0.6) is 0 Å². The molecule has 2 aromatic rings. The van der Waals surface area contributed by atoms with Crippen molar-refractivity contribution in [2.45, 2.75) is 19.8 Å². The largest absolute Gasteiger partial charge is 0.481 e. The van der Waals surface area contributed by atoms with E-state index in [4.69, 9.17) is 21.1 Å². The minimum atomic E-state index is -0.936. The van der Waals surface area contributed by atoms with Crippen LogP contribution in [0.4, 0.5) is 4.39 Å². The number of oxazole rings is 1. The molecule has 6 heteroatoms. The summed E-state index contributed by atoms with van der Waals surface area (Å²) in [5, 5.41) is 8.89. The molecule has 0 spiro atoms. The molecule has 0 saturated heterocycles. The van der Waals surface area contributed by atoms with Crippen molar-refractivity contribution < 1.29 is 18.7 Å². The highest BCUT2D eigenvalue weighted by atomic mass is 35.5. The molecule has 1 aromatic heterocycles. The van der Waals surface area contributed by atoms with Gasteiger partial charge in [-0.3, -0.25) is 4.79 Å². The Morgan fingerprint density at radius 2 is 2.17 bits per heavy atom. The van der Waals surface area contributed by atoms with Crippen molar-refractivity contribution in [3.63, 3.8) is 0 Å². The van der Waals surface area contributed by atoms with Crippen LogP contribution in [0.15, 0.2) is 16.5 Å². The van der Waals surface area contributed by atoms with E-state index in [2.05, 4.69) is 4.98 Å². The lowest BCUT2D eigenvalue weighted by Gasteiger charge is -2.11. The number of hydrogen-bond acceptors (Lipinski definition) is 3. The first-order valence-corrected chi connectivity index (χ1v) is 5.76. The number of benzene rings is 1. The van der Waals surface area contributed by atoms with Crippen LogP contribution in [-0.4, -0.2) is 16.1 Å². The van der Waals surface area contributed by atoms with Crippen molar-refractivity contribution in [3.8, 4) is 0 Å². The molecule has 0 aliphatic rings. The van der Waals surface area contributed by atoms with E-state index in [9.17, 15) is 9.18 Å². The van der Waals surface area contributed by atoms with Gasteiger partial charge in [0.2, 0.25) is 0 Å². The van der Waals surface area contributed by atoms with E-state index in [1.165, 1.54) is 6.07 Å². The van der Waals surface area contributed by atoms with Crippen molar-refractivity contribution in [3.05, 3.63) is 28.9 Å². The number of rotatable bonds is 3. The maximum atomic E-state index is 13.2. The summed E-state index contributed by atoms with van der Waals surface area (Å²) >= 11 is 5.64. The van der Waals surface area contributed by atoms with Gasteiger partial charge in [-0.1, -0.05) is 25.4 Å². The Kier molecular flexibility index (Phi) is 3.26. The lowest BCUT2D eigenvalue weighted by atomic mass is 9.96. The van der Waals surface area contributed by atoms with Gasteiger partial charge < -0.3 is 9.52 Å². The summed E-state index contributed by atoms with van der Waals surface area (Å²) in [5.41, 5.74) is 0.678. The number of carboxylic acid groups (broad SMARTS) is 1. The third kappa shape index (κ3) is 2.18. The summed E-state index contributed by atoms with van der Waals surface area (Å²) in [6, 6.07) is 2.50. The van der Waals surface area contributed by atoms with Crippen molar-refractivity contribution in [2.75, 3.05) is 0 Å². The highest BCUT2D eigenvalue weighted by Crippen LogP contribution is 2.29. The van der Waals surface area contributed by atoms with Crippen molar-refractivity contribution in [1.82, 2.24) is 4.98 Å². The molecule has 0 aliphatic carbocycles. The van der Waals surface area contributed by atoms with E-state index in [1.807, 2.05) is 0 Å². The van der Waals surface area contributed by atoms with Crippen molar-refractivity contribution >= 4 is 28.7 Å². The van der Waals surface area contributed by atoms with Gasteiger partial charge in [0.05, 0.1) is 10.9 Å². The second-order valence-electron chi connectivity index (χ2n) is 4.20. The summed E-state index contributed by atoms with van der Waals surface area (Å²) in [6.07, 6.45) is 0. The molecule has 1 aromatic carbocycles. The van der Waals surface area contributed by atoms with Crippen molar-refractivity contribution in [1.29, 1.82) is 0 Å². The lowest BCUT2D eigenvalue weighted by molar-refractivity contribution is -0.141. The lowest BCUT2D eigenvalue weighted by Crippen LogP contribution is -2.16. The number of carbonyl (C=O) groups is 1. The minimum absolute atomic E-state index is 0.0405. The predicted octanol–water partition coefficient (Wildman–Crippen LogP) is 3.44. The smallest absolute Gasteiger partial charge is 0.307 e. The van der Waals surface area contributed by atoms with Crippen molar-refractivity contribution in [2.24, 2.45) is 5.92 Å². The second-order valence-corrected chi connectivity index (χ2v) is 4.61. The van der Waals surface area contributed by atoms with E-state index in [0.29, 0.717) is 5.52 Å². The number of hydrogen-bond donors (Lipinski definition) is 1. The van der Waals surface area contributed by atoms with Gasteiger partial charge in [0.15, 0.2) is 11.5 Å². The molecule has 1 heterocycles. The average molecular weight is 272 g/mol. The van der Waals surface area contributed by atoms with Crippen LogP contribution in [0.1, 0.15) is 25.7 Å². The van der Waals surface area contributed by atoms with E-state index < -0.39 is 23.6 Å². The molecule has 0 fully saturated rings. The predicted molar refractivity (Wildman–Crippen MR) is 64.2 cm³/mol. The highest BCUT2D eigenvalue weighted by Gasteiger charge is 2.25. The van der Waals surface area contributed by atoms with Gasteiger partial charge in [0.25, 0.3) is 0 Å². The zero-order valence-electron chi connectivity index (χ0n) is 9.78. The Balaban J connectivity index is 2.44. The second kappa shape index (κ2) is 4.57. The fraction of sp³-hybridized carbons (Fsp3) is 0.333. The van der Waals surface area contributed by atoms with Crippen LogP contribution in [-0.2, 0) is 4.79 Å². The molecule has 2 rings (SSSR count). The third-order valence-corrected chi connectivity index (χ3v) is 3.27. The maximum Gasteiger partial charge on any atom is 0.307 e. The fourth-order valence-corrected chi connectivity index (χ4v) is 1.72. The summed E-state index contributed by atoms with van der Waals surface area (Å²) in [5.74, 6) is -2.31. The molecular formula is C12H11ClFNO3. The SMILES string of the molecule is CC(C(=O)O)C(C)c1nc2cc(Cl)c(F)cc2o1. The topological polar surface area (TPSA) is 63.3 Å². The molecule has 2 atom stereocenters. The first-order chi connectivity index (χ1) is 8.40. The van der Waals surface area contributed by atoms with Gasteiger partial charge in [-0.05, 0) is 6.07 Å². The Bertz CT molecular complexity index is 572. The van der Waals surface area contributed by atoms with Crippen LogP contribution < -0.4 is 0 Å². The van der Waals surface area contributed by atoms with Gasteiger partial charge in [0, 0.05) is 12.0 Å². The van der Waals surface area contributed by atoms with E-state index >= 15 is 0 Å². The zero-order chi connectivity index (χ0) is 13.4. The molecule has 0 amide bonds. The van der Waals surface area contributed by atoms with Gasteiger partial charge in [-0.2, -0.15) is 0 Å². The standard InChI is InChI=1S/C12H11ClFNO3/c1-5(6(2)12(16)17)11-15-9-3-7(13)8(14)4-10(9)18-11/h3-6H,1-2H3,(H,16,17). The molecule has 18 heavy (non-hydrogen) atoms. The molecule has 4 nitrogen and oxygen atoms in total. The maximum absolute atomic E-state index is 13.2. The molecule has 1 N–H and O–H groups in total. The van der Waals surface area contributed by atoms with Gasteiger partial charge >= 0.3 is 5.97 Å². The van der Waals surface area contributed by atoms with E-state index in [0.717, 1.165) is 6.07 Å².